The summed E-state index contributed by atoms with van der Waals surface area (Å²) < 4.78 is 28.9. The van der Waals surface area contributed by atoms with Crippen LogP contribution in [0.2, 0.25) is 0 Å². The number of benzene rings is 2. The molecule has 1 aliphatic heterocycles. The van der Waals surface area contributed by atoms with Crippen molar-refractivity contribution >= 4 is 16.7 Å². The van der Waals surface area contributed by atoms with Crippen LogP contribution in [0.5, 0.6) is 0 Å². The fourth-order valence-electron chi connectivity index (χ4n) is 4.63. The van der Waals surface area contributed by atoms with Gasteiger partial charge in [-0.1, -0.05) is 6.07 Å². The smallest absolute Gasteiger partial charge is 0.141 e. The number of hydrogen-bond donors (Lipinski definition) is 3. The third kappa shape index (κ3) is 4.99. The number of nitrogens with zero attached hydrogens (tertiary/aromatic N) is 4. The molecule has 0 spiro atoms. The summed E-state index contributed by atoms with van der Waals surface area (Å²) in [6.07, 6.45) is 3.18. The van der Waals surface area contributed by atoms with Crippen LogP contribution in [0.3, 0.4) is 0 Å². The highest BCUT2D eigenvalue weighted by Gasteiger charge is 2.28. The lowest BCUT2D eigenvalue weighted by atomic mass is 9.92. The van der Waals surface area contributed by atoms with E-state index in [1.807, 2.05) is 0 Å². The SMILES string of the molecule is CC(C)NC(NCO)C1CCN(c2ncnc3c(-c4ccc(C#N)c(F)c4)cc(F)cc23)CC1. The van der Waals surface area contributed by atoms with E-state index in [0.717, 1.165) is 25.9 Å². The molecule has 3 aromatic rings. The molecule has 4 rings (SSSR count). The summed E-state index contributed by atoms with van der Waals surface area (Å²) in [5.74, 6) is -0.156. The number of fused-ring (bicyclic) bond motifs is 1. The Bertz CT molecular complexity index is 1200. The number of piperidine rings is 1. The summed E-state index contributed by atoms with van der Waals surface area (Å²) in [7, 11) is 0. The average Bonchev–Trinajstić information content (AvgIpc) is 2.83. The zero-order valence-corrected chi connectivity index (χ0v) is 19.2. The van der Waals surface area contributed by atoms with Gasteiger partial charge in [-0.25, -0.2) is 18.7 Å². The molecular weight excluding hydrogens is 438 g/mol. The highest BCUT2D eigenvalue weighted by molar-refractivity contribution is 5.99. The molecule has 2 heterocycles. The van der Waals surface area contributed by atoms with E-state index in [1.165, 1.54) is 30.6 Å². The molecular formula is C25H28F2N6O. The largest absolute Gasteiger partial charge is 0.381 e. The van der Waals surface area contributed by atoms with Crippen molar-refractivity contribution in [2.75, 3.05) is 24.7 Å². The molecule has 34 heavy (non-hydrogen) atoms. The Hall–Kier alpha value is -3.19. The standard InChI is InChI=1S/C25H28F2N6O/c1-15(2)32-24(31-14-34)16-5-7-33(8-6-16)25-21-11-19(26)10-20(23(21)29-13-30-25)17-3-4-18(12-28)22(27)9-17/h3-4,9-11,13,15-16,24,31-32,34H,5-8,14H2,1-2H3. The number of aliphatic hydroxyl groups is 1. The first kappa shape index (κ1) is 24.0. The van der Waals surface area contributed by atoms with Crippen molar-refractivity contribution < 1.29 is 13.9 Å². The van der Waals surface area contributed by atoms with Gasteiger partial charge < -0.3 is 10.0 Å². The van der Waals surface area contributed by atoms with Crippen molar-refractivity contribution in [2.24, 2.45) is 5.92 Å². The second-order valence-electron chi connectivity index (χ2n) is 8.84. The number of hydrogen-bond acceptors (Lipinski definition) is 7. The number of halogens is 2. The van der Waals surface area contributed by atoms with E-state index < -0.39 is 11.6 Å². The molecule has 1 saturated heterocycles. The number of nitrogens with one attached hydrogen (secondary N) is 2. The number of rotatable bonds is 7. The van der Waals surface area contributed by atoms with E-state index in [9.17, 15) is 13.9 Å². The number of anilines is 1. The molecule has 0 amide bonds. The molecule has 1 aliphatic rings. The monoisotopic (exact) mass is 466 g/mol. The second-order valence-corrected chi connectivity index (χ2v) is 8.84. The first-order chi connectivity index (χ1) is 16.4. The van der Waals surface area contributed by atoms with Gasteiger partial charge in [0, 0.05) is 30.1 Å². The second kappa shape index (κ2) is 10.4. The van der Waals surface area contributed by atoms with Gasteiger partial charge >= 0.3 is 0 Å². The Balaban J connectivity index is 1.64. The fraction of sp³-hybridized carbons (Fsp3) is 0.400. The van der Waals surface area contributed by atoms with Gasteiger partial charge in [0.1, 0.15) is 29.8 Å². The molecule has 0 aliphatic carbocycles. The quantitative estimate of drug-likeness (QED) is 0.459. The lowest BCUT2D eigenvalue weighted by molar-refractivity contribution is 0.173. The van der Waals surface area contributed by atoms with Gasteiger partial charge in [-0.05, 0) is 62.4 Å². The van der Waals surface area contributed by atoms with E-state index in [4.69, 9.17) is 5.26 Å². The summed E-state index contributed by atoms with van der Waals surface area (Å²) in [5.41, 5.74) is 1.36. The van der Waals surface area contributed by atoms with Gasteiger partial charge in [0.25, 0.3) is 0 Å². The minimum Gasteiger partial charge on any atom is -0.381 e. The van der Waals surface area contributed by atoms with Crippen LogP contribution in [0.25, 0.3) is 22.0 Å². The van der Waals surface area contributed by atoms with Crippen molar-refractivity contribution in [1.29, 1.82) is 5.26 Å². The van der Waals surface area contributed by atoms with Gasteiger partial charge in [0.15, 0.2) is 0 Å². The lowest BCUT2D eigenvalue weighted by Gasteiger charge is -2.38. The lowest BCUT2D eigenvalue weighted by Crippen LogP contribution is -2.53. The predicted molar refractivity (Wildman–Crippen MR) is 127 cm³/mol. The van der Waals surface area contributed by atoms with Crippen LogP contribution in [0, 0.1) is 28.9 Å². The van der Waals surface area contributed by atoms with Crippen molar-refractivity contribution in [3.63, 3.8) is 0 Å². The van der Waals surface area contributed by atoms with Crippen LogP contribution in [0.15, 0.2) is 36.7 Å². The maximum atomic E-state index is 14.7. The highest BCUT2D eigenvalue weighted by Crippen LogP contribution is 2.34. The van der Waals surface area contributed by atoms with Crippen LogP contribution < -0.4 is 15.5 Å². The van der Waals surface area contributed by atoms with Crippen LogP contribution in [0.1, 0.15) is 32.3 Å². The first-order valence-corrected chi connectivity index (χ1v) is 11.4. The zero-order valence-electron chi connectivity index (χ0n) is 19.2. The van der Waals surface area contributed by atoms with Crippen molar-refractivity contribution in [2.45, 2.75) is 38.9 Å². The Morgan fingerprint density at radius 2 is 1.94 bits per heavy atom. The number of nitriles is 1. The third-order valence-electron chi connectivity index (χ3n) is 6.22. The number of aromatic nitrogens is 2. The van der Waals surface area contributed by atoms with Crippen LogP contribution in [0.4, 0.5) is 14.6 Å². The van der Waals surface area contributed by atoms with Gasteiger partial charge in [-0.15, -0.1) is 0 Å². The summed E-state index contributed by atoms with van der Waals surface area (Å²) in [5, 5.41) is 25.5. The topological polar surface area (TPSA) is 97.1 Å². The molecule has 0 bridgehead atoms. The van der Waals surface area contributed by atoms with E-state index in [1.54, 1.807) is 12.1 Å². The molecule has 1 fully saturated rings. The minimum atomic E-state index is -0.658. The Labute approximate surface area is 197 Å². The van der Waals surface area contributed by atoms with E-state index in [0.29, 0.717) is 33.8 Å². The summed E-state index contributed by atoms with van der Waals surface area (Å²) in [6, 6.07) is 9.03. The molecule has 1 unspecified atom stereocenters. The van der Waals surface area contributed by atoms with E-state index in [2.05, 4.69) is 39.3 Å². The molecule has 0 radical (unpaired) electrons. The summed E-state index contributed by atoms with van der Waals surface area (Å²) in [4.78, 5) is 11.0. The molecule has 0 saturated carbocycles. The van der Waals surface area contributed by atoms with Gasteiger partial charge in [-0.3, -0.25) is 10.6 Å². The summed E-state index contributed by atoms with van der Waals surface area (Å²) in [6.45, 7) is 5.48. The molecule has 2 aromatic carbocycles. The van der Waals surface area contributed by atoms with Gasteiger partial charge in [0.2, 0.25) is 0 Å². The van der Waals surface area contributed by atoms with Gasteiger partial charge in [0.05, 0.1) is 24.0 Å². The van der Waals surface area contributed by atoms with E-state index >= 15 is 0 Å². The Morgan fingerprint density at radius 3 is 2.59 bits per heavy atom. The normalized spacial score (nSPS) is 15.6. The first-order valence-electron chi connectivity index (χ1n) is 11.4. The molecule has 9 heteroatoms. The Kier molecular flexibility index (Phi) is 7.32. The number of aliphatic hydroxyl groups excluding tert-OH is 1. The molecule has 1 aromatic heterocycles. The molecule has 7 nitrogen and oxygen atoms in total. The zero-order chi connectivity index (χ0) is 24.2. The van der Waals surface area contributed by atoms with Crippen LogP contribution >= 0.6 is 0 Å². The maximum Gasteiger partial charge on any atom is 0.141 e. The average molecular weight is 467 g/mol. The molecule has 178 valence electrons. The highest BCUT2D eigenvalue weighted by atomic mass is 19.1. The molecule has 1 atom stereocenters. The predicted octanol–water partition coefficient (Wildman–Crippen LogP) is 3.53. The fourth-order valence-corrected chi connectivity index (χ4v) is 4.63. The van der Waals surface area contributed by atoms with E-state index in [-0.39, 0.29) is 24.5 Å². The minimum absolute atomic E-state index is 0.00428. The van der Waals surface area contributed by atoms with Crippen LogP contribution in [-0.4, -0.2) is 47.1 Å². The van der Waals surface area contributed by atoms with Crippen molar-refractivity contribution in [1.82, 2.24) is 20.6 Å². The Morgan fingerprint density at radius 1 is 1.18 bits per heavy atom. The van der Waals surface area contributed by atoms with Crippen molar-refractivity contribution in [3.8, 4) is 17.2 Å². The molecule has 3 N–H and O–H groups in total. The van der Waals surface area contributed by atoms with Gasteiger partial charge in [-0.2, -0.15) is 5.26 Å². The third-order valence-corrected chi connectivity index (χ3v) is 6.22. The maximum absolute atomic E-state index is 14.7. The summed E-state index contributed by atoms with van der Waals surface area (Å²) >= 11 is 0. The van der Waals surface area contributed by atoms with Crippen molar-refractivity contribution in [3.05, 3.63) is 53.9 Å². The van der Waals surface area contributed by atoms with Crippen LogP contribution in [-0.2, 0) is 0 Å².